The number of rotatable bonds is 8. The summed E-state index contributed by atoms with van der Waals surface area (Å²) in [5, 5.41) is 6.29. The van der Waals surface area contributed by atoms with Crippen LogP contribution in [-0.2, 0) is 4.79 Å². The molecular formula is C13H29N3O. The van der Waals surface area contributed by atoms with Crippen molar-refractivity contribution in [1.82, 2.24) is 15.5 Å². The largest absolute Gasteiger partial charge is 0.354 e. The van der Waals surface area contributed by atoms with Crippen molar-refractivity contribution >= 4 is 5.91 Å². The average Bonchev–Trinajstić information content (AvgIpc) is 2.21. The maximum atomic E-state index is 11.6. The molecule has 0 aliphatic carbocycles. The predicted molar refractivity (Wildman–Crippen MR) is 73.1 cm³/mol. The van der Waals surface area contributed by atoms with E-state index in [1.165, 1.54) is 0 Å². The van der Waals surface area contributed by atoms with Gasteiger partial charge in [0.2, 0.25) is 5.91 Å². The molecule has 102 valence electrons. The number of hydrogen-bond donors (Lipinski definition) is 2. The molecule has 17 heavy (non-hydrogen) atoms. The van der Waals surface area contributed by atoms with E-state index in [1.807, 2.05) is 14.1 Å². The summed E-state index contributed by atoms with van der Waals surface area (Å²) in [4.78, 5) is 13.7. The van der Waals surface area contributed by atoms with Gasteiger partial charge in [-0.3, -0.25) is 4.79 Å². The summed E-state index contributed by atoms with van der Waals surface area (Å²) < 4.78 is 0. The Morgan fingerprint density at radius 1 is 1.29 bits per heavy atom. The second-order valence-electron chi connectivity index (χ2n) is 5.70. The molecule has 0 unspecified atom stereocenters. The van der Waals surface area contributed by atoms with Crippen LogP contribution in [0, 0.1) is 0 Å². The fraction of sp³-hybridized carbons (Fsp3) is 0.923. The minimum atomic E-state index is 0.00580. The first-order valence-electron chi connectivity index (χ1n) is 6.43. The lowest BCUT2D eigenvalue weighted by Gasteiger charge is -2.32. The van der Waals surface area contributed by atoms with Gasteiger partial charge < -0.3 is 15.5 Å². The number of carbonyl (C=O) groups is 1. The van der Waals surface area contributed by atoms with E-state index in [2.05, 4.69) is 43.2 Å². The van der Waals surface area contributed by atoms with Crippen LogP contribution >= 0.6 is 0 Å². The fourth-order valence-corrected chi connectivity index (χ4v) is 1.20. The molecule has 0 aliphatic heterocycles. The molecule has 0 spiro atoms. The highest BCUT2D eigenvalue weighted by atomic mass is 16.1. The number of carbonyl (C=O) groups excluding carboxylic acids is 1. The summed E-state index contributed by atoms with van der Waals surface area (Å²) in [6, 6.07) is 0.491. The third-order valence-corrected chi connectivity index (χ3v) is 3.06. The summed E-state index contributed by atoms with van der Waals surface area (Å²) >= 11 is 0. The Kier molecular flexibility index (Phi) is 7.39. The molecule has 4 heteroatoms. The van der Waals surface area contributed by atoms with Gasteiger partial charge in [-0.05, 0) is 40.9 Å². The Hall–Kier alpha value is -0.610. The standard InChI is InChI=1S/C13H29N3O/c1-11(2)14-9-7-8-12(17)15-10-13(3,4)16(5)6/h11,14H,7-10H2,1-6H3,(H,15,17). The Morgan fingerprint density at radius 2 is 1.88 bits per heavy atom. The Bertz CT molecular complexity index is 225. The smallest absolute Gasteiger partial charge is 0.220 e. The Labute approximate surface area is 106 Å². The van der Waals surface area contributed by atoms with E-state index in [0.29, 0.717) is 19.0 Å². The Balaban J connectivity index is 3.67. The summed E-state index contributed by atoms with van der Waals surface area (Å²) in [7, 11) is 4.05. The van der Waals surface area contributed by atoms with E-state index >= 15 is 0 Å². The summed E-state index contributed by atoms with van der Waals surface area (Å²) in [5.74, 6) is 0.144. The molecule has 0 fully saturated rings. The number of amides is 1. The van der Waals surface area contributed by atoms with Crippen LogP contribution in [0.4, 0.5) is 0 Å². The van der Waals surface area contributed by atoms with Gasteiger partial charge in [-0.1, -0.05) is 13.8 Å². The lowest BCUT2D eigenvalue weighted by Crippen LogP contribution is -2.48. The van der Waals surface area contributed by atoms with Crippen LogP contribution in [0.5, 0.6) is 0 Å². The van der Waals surface area contributed by atoms with Crippen molar-refractivity contribution in [3.8, 4) is 0 Å². The van der Waals surface area contributed by atoms with Crippen LogP contribution in [0.25, 0.3) is 0 Å². The molecule has 0 atom stereocenters. The molecule has 0 saturated carbocycles. The normalized spacial score (nSPS) is 12.2. The molecule has 0 aliphatic rings. The molecule has 0 rings (SSSR count). The summed E-state index contributed by atoms with van der Waals surface area (Å²) in [6.45, 7) is 10.1. The molecule has 4 nitrogen and oxygen atoms in total. The zero-order valence-corrected chi connectivity index (χ0v) is 12.3. The molecule has 0 saturated heterocycles. The predicted octanol–water partition coefficient (Wildman–Crippen LogP) is 1.22. The average molecular weight is 243 g/mol. The van der Waals surface area contributed by atoms with Crippen LogP contribution < -0.4 is 10.6 Å². The highest BCUT2D eigenvalue weighted by molar-refractivity contribution is 5.75. The van der Waals surface area contributed by atoms with Crippen LogP contribution in [0.2, 0.25) is 0 Å². The monoisotopic (exact) mass is 243 g/mol. The van der Waals surface area contributed by atoms with Gasteiger partial charge >= 0.3 is 0 Å². The number of nitrogens with one attached hydrogen (secondary N) is 2. The Morgan fingerprint density at radius 3 is 2.35 bits per heavy atom. The quantitative estimate of drug-likeness (QED) is 0.630. The maximum Gasteiger partial charge on any atom is 0.220 e. The minimum absolute atomic E-state index is 0.00580. The van der Waals surface area contributed by atoms with Crippen LogP contribution in [-0.4, -0.2) is 49.6 Å². The van der Waals surface area contributed by atoms with E-state index in [-0.39, 0.29) is 11.4 Å². The third kappa shape index (κ3) is 8.16. The second-order valence-corrected chi connectivity index (χ2v) is 5.70. The van der Waals surface area contributed by atoms with Crippen molar-refractivity contribution in [1.29, 1.82) is 0 Å². The van der Waals surface area contributed by atoms with E-state index in [9.17, 15) is 4.79 Å². The van der Waals surface area contributed by atoms with Gasteiger partial charge in [0.15, 0.2) is 0 Å². The fourth-order valence-electron chi connectivity index (χ4n) is 1.20. The number of hydrogen-bond acceptors (Lipinski definition) is 3. The SMILES string of the molecule is CC(C)NCCCC(=O)NCC(C)(C)N(C)C. The van der Waals surface area contributed by atoms with E-state index in [4.69, 9.17) is 0 Å². The van der Waals surface area contributed by atoms with Crippen molar-refractivity contribution in [2.75, 3.05) is 27.2 Å². The van der Waals surface area contributed by atoms with Gasteiger partial charge in [0, 0.05) is 24.5 Å². The molecule has 2 N–H and O–H groups in total. The van der Waals surface area contributed by atoms with Crippen LogP contribution in [0.3, 0.4) is 0 Å². The first kappa shape index (κ1) is 16.4. The van der Waals surface area contributed by atoms with Gasteiger partial charge in [-0.25, -0.2) is 0 Å². The second kappa shape index (κ2) is 7.67. The number of nitrogens with zero attached hydrogens (tertiary/aromatic N) is 1. The number of likely N-dealkylation sites (N-methyl/N-ethyl adjacent to an activating group) is 1. The third-order valence-electron chi connectivity index (χ3n) is 3.06. The minimum Gasteiger partial charge on any atom is -0.354 e. The molecule has 0 radical (unpaired) electrons. The van der Waals surface area contributed by atoms with Crippen molar-refractivity contribution in [2.24, 2.45) is 0 Å². The lowest BCUT2D eigenvalue weighted by molar-refractivity contribution is -0.121. The van der Waals surface area contributed by atoms with Crippen molar-refractivity contribution in [3.63, 3.8) is 0 Å². The van der Waals surface area contributed by atoms with Crippen LogP contribution in [0.15, 0.2) is 0 Å². The molecule has 0 heterocycles. The molecule has 0 aromatic heterocycles. The van der Waals surface area contributed by atoms with Gasteiger partial charge in [0.05, 0.1) is 0 Å². The topological polar surface area (TPSA) is 44.4 Å². The van der Waals surface area contributed by atoms with Gasteiger partial charge in [-0.15, -0.1) is 0 Å². The van der Waals surface area contributed by atoms with Crippen molar-refractivity contribution < 1.29 is 4.79 Å². The summed E-state index contributed by atoms with van der Waals surface area (Å²) in [6.07, 6.45) is 1.50. The van der Waals surface area contributed by atoms with Gasteiger partial charge in [0.25, 0.3) is 0 Å². The molecule has 0 bridgehead atoms. The zero-order chi connectivity index (χ0) is 13.5. The first-order valence-corrected chi connectivity index (χ1v) is 6.43. The highest BCUT2D eigenvalue weighted by Crippen LogP contribution is 2.07. The first-order chi connectivity index (χ1) is 7.75. The zero-order valence-electron chi connectivity index (χ0n) is 12.3. The van der Waals surface area contributed by atoms with Crippen molar-refractivity contribution in [2.45, 2.75) is 52.1 Å². The van der Waals surface area contributed by atoms with Crippen LogP contribution in [0.1, 0.15) is 40.5 Å². The molecular weight excluding hydrogens is 214 g/mol. The maximum absolute atomic E-state index is 11.6. The lowest BCUT2D eigenvalue weighted by atomic mass is 10.0. The molecule has 0 aromatic carbocycles. The molecule has 0 aromatic rings. The van der Waals surface area contributed by atoms with E-state index in [1.54, 1.807) is 0 Å². The van der Waals surface area contributed by atoms with Crippen molar-refractivity contribution in [3.05, 3.63) is 0 Å². The van der Waals surface area contributed by atoms with E-state index < -0.39 is 0 Å². The van der Waals surface area contributed by atoms with E-state index in [0.717, 1.165) is 13.0 Å². The molecule has 1 amide bonds. The van der Waals surface area contributed by atoms with Gasteiger partial charge in [-0.2, -0.15) is 0 Å². The van der Waals surface area contributed by atoms with Gasteiger partial charge in [0.1, 0.15) is 0 Å². The summed E-state index contributed by atoms with van der Waals surface area (Å²) in [5.41, 5.74) is 0.00580. The highest BCUT2D eigenvalue weighted by Gasteiger charge is 2.20.